The summed E-state index contributed by atoms with van der Waals surface area (Å²) in [6.07, 6.45) is 7.37. The van der Waals surface area contributed by atoms with E-state index in [0.717, 1.165) is 70.3 Å². The SMILES string of the molecule is COc1c([C@H]2[C@H](C(=O)Nc3ccnc(C(=O)NCCCNC(=O)C4CCC(NC(=O)CCCOC5CCC(OCCNC(=O)[C@H]6CC(=O)N(C7CC7)[C@@H]6c6cccnc6)CC5)CC4)c3)O[C@@](C)(C(F)(F)F)[C@H]2C)ccc(F)c1F. The van der Waals surface area contributed by atoms with E-state index in [1.165, 1.54) is 25.3 Å². The first kappa shape index (κ1) is 58.8. The summed E-state index contributed by atoms with van der Waals surface area (Å²) in [5, 5.41) is 14.2. The Morgan fingerprint density at radius 1 is 0.823 bits per heavy atom. The van der Waals surface area contributed by atoms with Crippen LogP contribution >= 0.6 is 0 Å². The number of benzene rings is 1. The van der Waals surface area contributed by atoms with E-state index in [2.05, 4.69) is 36.6 Å². The topological polar surface area (TPSA) is 229 Å². The zero-order chi connectivity index (χ0) is 56.4. The van der Waals surface area contributed by atoms with Crippen LogP contribution in [-0.4, -0.2) is 132 Å². The van der Waals surface area contributed by atoms with Gasteiger partial charge in [-0.3, -0.25) is 38.7 Å². The second kappa shape index (κ2) is 26.3. The number of carbonyl (C=O) groups excluding carboxylic acids is 6. The van der Waals surface area contributed by atoms with E-state index in [0.29, 0.717) is 64.7 Å². The van der Waals surface area contributed by atoms with Gasteiger partial charge in [0.05, 0.1) is 37.9 Å². The van der Waals surface area contributed by atoms with Crippen molar-refractivity contribution in [2.45, 2.75) is 158 Å². The number of aromatic nitrogens is 2. The number of carbonyl (C=O) groups is 6. The lowest BCUT2D eigenvalue weighted by molar-refractivity contribution is -0.272. The van der Waals surface area contributed by atoms with Gasteiger partial charge >= 0.3 is 6.18 Å². The zero-order valence-corrected chi connectivity index (χ0v) is 44.7. The molecule has 430 valence electrons. The third kappa shape index (κ3) is 14.4. The third-order valence-electron chi connectivity index (χ3n) is 16.2. The highest BCUT2D eigenvalue weighted by Crippen LogP contribution is 2.55. The minimum atomic E-state index is -4.95. The van der Waals surface area contributed by atoms with Gasteiger partial charge in [0.1, 0.15) is 11.8 Å². The molecule has 0 radical (unpaired) electrons. The van der Waals surface area contributed by atoms with Crippen LogP contribution in [0.3, 0.4) is 0 Å². The number of anilines is 1. The van der Waals surface area contributed by atoms with Crippen LogP contribution in [0, 0.1) is 29.4 Å². The highest BCUT2D eigenvalue weighted by Gasteiger charge is 2.66. The predicted octanol–water partition coefficient (Wildman–Crippen LogP) is 6.75. The molecule has 0 unspecified atom stereocenters. The summed E-state index contributed by atoms with van der Waals surface area (Å²) < 4.78 is 94.7. The monoisotopic (exact) mass is 1110 g/mol. The van der Waals surface area contributed by atoms with Crippen molar-refractivity contribution in [3.8, 4) is 5.75 Å². The van der Waals surface area contributed by atoms with Crippen molar-refractivity contribution in [2.24, 2.45) is 17.8 Å². The average Bonchev–Trinajstić information content (AvgIpc) is 4.34. The van der Waals surface area contributed by atoms with Gasteiger partial charge in [0.25, 0.3) is 11.8 Å². The van der Waals surface area contributed by atoms with Gasteiger partial charge in [0.2, 0.25) is 29.4 Å². The number of likely N-dealkylation sites (tertiary alicyclic amines) is 1. The molecular weight excluding hydrogens is 1040 g/mol. The highest BCUT2D eigenvalue weighted by atomic mass is 19.4. The Morgan fingerprint density at radius 3 is 2.19 bits per heavy atom. The highest BCUT2D eigenvalue weighted by molar-refractivity contribution is 5.98. The lowest BCUT2D eigenvalue weighted by atomic mass is 9.77. The van der Waals surface area contributed by atoms with Gasteiger partial charge in [-0.2, -0.15) is 17.6 Å². The first-order valence-corrected chi connectivity index (χ1v) is 27.5. The number of hydrogen-bond donors (Lipinski definition) is 5. The van der Waals surface area contributed by atoms with Gasteiger partial charge < -0.3 is 50.4 Å². The Hall–Kier alpha value is -6.33. The fraction of sp³-hybridized carbons (Fsp3) is 0.607. The molecule has 5 N–H and O–H groups in total. The summed E-state index contributed by atoms with van der Waals surface area (Å²) in [4.78, 5) is 88.8. The van der Waals surface area contributed by atoms with Gasteiger partial charge in [-0.1, -0.05) is 19.1 Å². The van der Waals surface area contributed by atoms with E-state index < -0.39 is 64.8 Å². The first-order valence-electron chi connectivity index (χ1n) is 27.5. The molecule has 3 aromatic rings. The molecule has 2 aromatic heterocycles. The number of methoxy groups -OCH3 is 1. The summed E-state index contributed by atoms with van der Waals surface area (Å²) >= 11 is 0. The number of nitrogens with one attached hydrogen (secondary N) is 5. The van der Waals surface area contributed by atoms with Crippen LogP contribution in [0.2, 0.25) is 0 Å². The minimum absolute atomic E-state index is 0.0117. The Morgan fingerprint density at radius 2 is 1.52 bits per heavy atom. The molecule has 8 rings (SSSR count). The smallest absolute Gasteiger partial charge is 0.417 e. The van der Waals surface area contributed by atoms with Crippen molar-refractivity contribution in [3.63, 3.8) is 0 Å². The molecule has 0 bridgehead atoms. The van der Waals surface area contributed by atoms with Crippen LogP contribution in [0.1, 0.15) is 137 Å². The van der Waals surface area contributed by atoms with E-state index in [9.17, 15) is 50.7 Å². The molecular formula is C56H71F5N8O10. The van der Waals surface area contributed by atoms with Gasteiger partial charge in [0.15, 0.2) is 17.2 Å². The second-order valence-electron chi connectivity index (χ2n) is 21.5. The van der Waals surface area contributed by atoms with Gasteiger partial charge in [-0.05, 0) is 114 Å². The van der Waals surface area contributed by atoms with Crippen LogP contribution in [0.5, 0.6) is 5.75 Å². The van der Waals surface area contributed by atoms with Crippen molar-refractivity contribution in [2.75, 3.05) is 45.3 Å². The average molecular weight is 1110 g/mol. The largest absolute Gasteiger partial charge is 0.493 e. The lowest BCUT2D eigenvalue weighted by Gasteiger charge is -2.32. The molecule has 1 aromatic carbocycles. The maximum absolute atomic E-state index is 14.8. The molecule has 6 atom stereocenters. The van der Waals surface area contributed by atoms with Crippen molar-refractivity contribution < 1.29 is 69.7 Å². The molecule has 18 nitrogen and oxygen atoms in total. The van der Waals surface area contributed by atoms with E-state index in [1.54, 1.807) is 12.4 Å². The number of pyridine rings is 2. The minimum Gasteiger partial charge on any atom is -0.493 e. The van der Waals surface area contributed by atoms with Crippen LogP contribution < -0.4 is 31.3 Å². The van der Waals surface area contributed by atoms with Crippen LogP contribution in [0.4, 0.5) is 27.6 Å². The number of alkyl halides is 3. The second-order valence-corrected chi connectivity index (χ2v) is 21.5. The van der Waals surface area contributed by atoms with E-state index in [1.807, 2.05) is 17.0 Å². The lowest BCUT2D eigenvalue weighted by Crippen LogP contribution is -2.47. The van der Waals surface area contributed by atoms with Gasteiger partial charge in [0, 0.05) is 98.8 Å². The molecule has 6 amide bonds. The van der Waals surface area contributed by atoms with Crippen molar-refractivity contribution in [1.82, 2.24) is 36.1 Å². The van der Waals surface area contributed by atoms with Crippen molar-refractivity contribution in [3.05, 3.63) is 83.4 Å². The molecule has 5 fully saturated rings. The molecule has 23 heteroatoms. The molecule has 4 heterocycles. The number of halogens is 5. The maximum atomic E-state index is 14.8. The third-order valence-corrected chi connectivity index (χ3v) is 16.2. The summed E-state index contributed by atoms with van der Waals surface area (Å²) in [6.45, 7) is 3.63. The number of hydrogen-bond acceptors (Lipinski definition) is 12. The van der Waals surface area contributed by atoms with Crippen molar-refractivity contribution >= 4 is 41.1 Å². The van der Waals surface area contributed by atoms with E-state index in [-0.39, 0.29) is 96.3 Å². The molecule has 2 saturated heterocycles. The molecule has 3 saturated carbocycles. The van der Waals surface area contributed by atoms with Crippen LogP contribution in [0.25, 0.3) is 0 Å². The Kier molecular flexibility index (Phi) is 19.6. The molecule has 2 aliphatic heterocycles. The number of rotatable bonds is 23. The number of ether oxygens (including phenoxy) is 4. The van der Waals surface area contributed by atoms with Gasteiger partial charge in [-0.25, -0.2) is 4.39 Å². The first-order chi connectivity index (χ1) is 37.9. The Balaban J connectivity index is 0.660. The maximum Gasteiger partial charge on any atom is 0.417 e. The van der Waals surface area contributed by atoms with Gasteiger partial charge in [-0.15, -0.1) is 0 Å². The number of nitrogens with zero attached hydrogens (tertiary/aromatic N) is 3. The predicted molar refractivity (Wildman–Crippen MR) is 276 cm³/mol. The fourth-order valence-electron chi connectivity index (χ4n) is 11.5. The normalized spacial score (nSPS) is 27.0. The summed E-state index contributed by atoms with van der Waals surface area (Å²) in [6, 6.07) is 7.97. The Labute approximate surface area is 455 Å². The van der Waals surface area contributed by atoms with E-state index >= 15 is 0 Å². The quantitative estimate of drug-likeness (QED) is 0.0491. The van der Waals surface area contributed by atoms with Crippen LogP contribution in [0.15, 0.2) is 55.0 Å². The molecule has 3 aliphatic carbocycles. The molecule has 5 aliphatic rings. The fourth-order valence-corrected chi connectivity index (χ4v) is 11.5. The van der Waals surface area contributed by atoms with E-state index in [4.69, 9.17) is 18.9 Å². The zero-order valence-electron chi connectivity index (χ0n) is 44.7. The number of amides is 6. The Bertz CT molecular complexity index is 2630. The summed E-state index contributed by atoms with van der Waals surface area (Å²) in [5.41, 5.74) is -2.26. The molecule has 79 heavy (non-hydrogen) atoms. The standard InChI is InChI=1S/C56H71F5N8O10/c1-32-46(40-19-20-42(57)47(58)49(40)76-3)50(79-55(32,2)56(59,60)61)54(75)68-36-21-25-63-43(29-36)53(74)65-24-6-23-64-51(72)33-9-11-35(12-10-33)67-44(70)8-5-27-77-38-15-17-39(18-16-38)78-28-26-66-52(73)41-30-45(71)69(37-13-14-37)48(41)34-7-4-22-62-31-34/h4,7,19-22,25,29,31-33,35,37-39,41,46,48,50H,5-6,8-18,23-24,26-28,30H2,1-3H3,(H,64,72)(H,65,74)(H,66,73)(H,67,70)(H,63,68,75)/t32-,33?,35?,38?,39?,41-,46-,48+,50+,55+/m0/s1. The molecule has 0 spiro atoms. The van der Waals surface area contributed by atoms with Crippen molar-refractivity contribution in [1.29, 1.82) is 0 Å². The van der Waals surface area contributed by atoms with Crippen LogP contribution in [-0.2, 0) is 38.2 Å². The summed E-state index contributed by atoms with van der Waals surface area (Å²) in [7, 11) is 1.03. The summed E-state index contributed by atoms with van der Waals surface area (Å²) in [5.74, 6) is -8.86.